The van der Waals surface area contributed by atoms with E-state index in [0.717, 1.165) is 4.57 Å². The molecule has 2 bridgehead atoms. The Morgan fingerprint density at radius 1 is 1.43 bits per heavy atom. The van der Waals surface area contributed by atoms with Gasteiger partial charge in [-0.05, 0) is 6.92 Å². The molecule has 0 aliphatic carbocycles. The van der Waals surface area contributed by atoms with Gasteiger partial charge in [0, 0.05) is 11.8 Å². The van der Waals surface area contributed by atoms with Gasteiger partial charge in [-0.1, -0.05) is 0 Å². The predicted octanol–water partition coefficient (Wildman–Crippen LogP) is -2.77. The minimum Gasteiger partial charge on any atom is -0.394 e. The van der Waals surface area contributed by atoms with E-state index in [0.29, 0.717) is 5.56 Å². The molecule has 5 atom stereocenters. The van der Waals surface area contributed by atoms with E-state index in [-0.39, 0.29) is 0 Å². The van der Waals surface area contributed by atoms with Crippen LogP contribution in [0.25, 0.3) is 0 Å². The first-order valence-corrected chi connectivity index (χ1v) is 6.49. The zero-order valence-corrected chi connectivity index (χ0v) is 11.2. The molecule has 9 heteroatoms. The second kappa shape index (κ2) is 4.75. The molecule has 1 aromatic rings. The van der Waals surface area contributed by atoms with E-state index in [1.54, 1.807) is 0 Å². The fourth-order valence-electron chi connectivity index (χ4n) is 2.93. The Hall–Kier alpha value is -1.52. The van der Waals surface area contributed by atoms with Gasteiger partial charge in [-0.2, -0.15) is 0 Å². The summed E-state index contributed by atoms with van der Waals surface area (Å²) < 4.78 is 12.2. The van der Waals surface area contributed by atoms with Crippen LogP contribution in [-0.4, -0.2) is 62.0 Å². The minimum absolute atomic E-state index is 0.298. The second-order valence-electron chi connectivity index (χ2n) is 5.32. The summed E-state index contributed by atoms with van der Waals surface area (Å²) in [6.45, 7) is 0.529. The molecule has 3 rings (SSSR count). The van der Waals surface area contributed by atoms with Crippen molar-refractivity contribution in [2.24, 2.45) is 0 Å². The highest BCUT2D eigenvalue weighted by molar-refractivity contribution is 5.13. The van der Waals surface area contributed by atoms with Crippen molar-refractivity contribution in [3.05, 3.63) is 32.6 Å². The van der Waals surface area contributed by atoms with E-state index in [2.05, 4.69) is 4.98 Å². The fraction of sp³-hybridized carbons (Fsp3) is 0.667. The molecule has 2 aliphatic rings. The number of hydrogen-bond donors (Lipinski definition) is 4. The predicted molar refractivity (Wildman–Crippen MR) is 67.8 cm³/mol. The first kappa shape index (κ1) is 14.4. The highest BCUT2D eigenvalue weighted by Crippen LogP contribution is 2.47. The number of nitrogens with zero attached hydrogens (tertiary/aromatic N) is 1. The maximum absolute atomic E-state index is 11.9. The third-order valence-corrected chi connectivity index (χ3v) is 4.13. The van der Waals surface area contributed by atoms with Crippen molar-refractivity contribution < 1.29 is 24.8 Å². The monoisotopic (exact) mass is 300 g/mol. The number of aromatic nitrogens is 2. The molecule has 2 saturated heterocycles. The fourth-order valence-corrected chi connectivity index (χ4v) is 2.93. The summed E-state index contributed by atoms with van der Waals surface area (Å²) in [5.41, 5.74) is -2.39. The normalized spacial score (nSPS) is 38.1. The van der Waals surface area contributed by atoms with Gasteiger partial charge < -0.3 is 24.8 Å². The summed E-state index contributed by atoms with van der Waals surface area (Å²) >= 11 is 0. The van der Waals surface area contributed by atoms with Gasteiger partial charge in [-0.25, -0.2) is 4.79 Å². The van der Waals surface area contributed by atoms with Gasteiger partial charge in [0.05, 0.1) is 13.2 Å². The summed E-state index contributed by atoms with van der Waals surface area (Å²) in [6.07, 6.45) is -2.67. The number of aliphatic hydroxyl groups is 3. The Balaban J connectivity index is 2.03. The van der Waals surface area contributed by atoms with Gasteiger partial charge in [0.1, 0.15) is 18.3 Å². The van der Waals surface area contributed by atoms with Crippen LogP contribution in [0.15, 0.2) is 15.8 Å². The first-order valence-electron chi connectivity index (χ1n) is 6.49. The summed E-state index contributed by atoms with van der Waals surface area (Å²) in [6, 6.07) is 0. The van der Waals surface area contributed by atoms with Crippen LogP contribution in [0.1, 0.15) is 11.8 Å². The zero-order valence-electron chi connectivity index (χ0n) is 11.2. The Labute approximate surface area is 118 Å². The van der Waals surface area contributed by atoms with E-state index in [1.807, 2.05) is 0 Å². The van der Waals surface area contributed by atoms with Gasteiger partial charge in [0.2, 0.25) is 0 Å². The van der Waals surface area contributed by atoms with Crippen LogP contribution in [0.5, 0.6) is 0 Å². The van der Waals surface area contributed by atoms with Crippen molar-refractivity contribution in [3.8, 4) is 0 Å². The van der Waals surface area contributed by atoms with Crippen LogP contribution in [0.4, 0.5) is 0 Å². The molecular weight excluding hydrogens is 284 g/mol. The third-order valence-electron chi connectivity index (χ3n) is 4.13. The van der Waals surface area contributed by atoms with Gasteiger partial charge >= 0.3 is 5.69 Å². The van der Waals surface area contributed by atoms with E-state index in [1.165, 1.54) is 13.1 Å². The van der Waals surface area contributed by atoms with Crippen molar-refractivity contribution in [2.75, 3.05) is 13.2 Å². The molecule has 116 valence electrons. The molecule has 1 aromatic heterocycles. The lowest BCUT2D eigenvalue weighted by Gasteiger charge is -2.35. The zero-order chi connectivity index (χ0) is 15.4. The molecule has 0 unspecified atom stereocenters. The minimum atomic E-state index is -1.48. The van der Waals surface area contributed by atoms with Crippen LogP contribution in [0.3, 0.4) is 0 Å². The Kier molecular flexibility index (Phi) is 3.26. The topological polar surface area (TPSA) is 134 Å². The van der Waals surface area contributed by atoms with Crippen LogP contribution < -0.4 is 11.2 Å². The van der Waals surface area contributed by atoms with E-state index in [9.17, 15) is 24.9 Å². The molecule has 0 aromatic carbocycles. The standard InChI is InChI=1S/C12H16N2O7/c1-5-2-14(11(19)13-9(5)18)10-7-8(17)12(4-16,21-10)6(3-15)20-7/h2,6-8,10,15-17H,3-4H2,1H3,(H,13,18,19)/t6-,7-,8+,10-,12+/m1/s1. The maximum Gasteiger partial charge on any atom is 0.330 e. The van der Waals surface area contributed by atoms with E-state index < -0.39 is 54.6 Å². The molecule has 2 fully saturated rings. The largest absolute Gasteiger partial charge is 0.394 e. The molecule has 21 heavy (non-hydrogen) atoms. The summed E-state index contributed by atoms with van der Waals surface area (Å²) in [7, 11) is 0. The van der Waals surface area contributed by atoms with Crippen molar-refractivity contribution >= 4 is 0 Å². The molecule has 0 amide bonds. The van der Waals surface area contributed by atoms with Crippen LogP contribution >= 0.6 is 0 Å². The first-order chi connectivity index (χ1) is 9.94. The number of ether oxygens (including phenoxy) is 2. The molecule has 0 radical (unpaired) electrons. The molecule has 9 nitrogen and oxygen atoms in total. The highest BCUT2D eigenvalue weighted by Gasteiger charge is 2.66. The number of nitrogens with one attached hydrogen (secondary N) is 1. The number of rotatable bonds is 3. The molecule has 0 saturated carbocycles. The number of hydrogen-bond acceptors (Lipinski definition) is 7. The molecule has 2 aliphatic heterocycles. The third kappa shape index (κ3) is 1.82. The Bertz CT molecular complexity index is 668. The lowest BCUT2D eigenvalue weighted by atomic mass is 9.94. The molecule has 3 heterocycles. The summed E-state index contributed by atoms with van der Waals surface area (Å²) in [4.78, 5) is 25.4. The van der Waals surface area contributed by atoms with E-state index in [4.69, 9.17) is 9.47 Å². The number of aromatic amines is 1. The lowest BCUT2D eigenvalue weighted by Crippen LogP contribution is -2.52. The van der Waals surface area contributed by atoms with Crippen molar-refractivity contribution in [1.29, 1.82) is 0 Å². The Morgan fingerprint density at radius 2 is 2.14 bits per heavy atom. The van der Waals surface area contributed by atoms with Crippen molar-refractivity contribution in [3.63, 3.8) is 0 Å². The summed E-state index contributed by atoms with van der Waals surface area (Å²) in [5, 5.41) is 29.0. The molecule has 4 N–H and O–H groups in total. The quantitative estimate of drug-likeness (QED) is 0.474. The van der Waals surface area contributed by atoms with Crippen LogP contribution in [0.2, 0.25) is 0 Å². The SMILES string of the molecule is Cc1cn([C@@H]2O[C@@]3(CO)[C@@H](CO)O[C@@H]2[C@@H]3O)c(=O)[nH]c1=O. The maximum atomic E-state index is 11.9. The Morgan fingerprint density at radius 3 is 2.76 bits per heavy atom. The highest BCUT2D eigenvalue weighted by atomic mass is 16.7. The van der Waals surface area contributed by atoms with Gasteiger partial charge in [0.15, 0.2) is 11.8 Å². The van der Waals surface area contributed by atoms with Crippen LogP contribution in [0, 0.1) is 6.92 Å². The number of aryl methyl sites for hydroxylation is 1. The second-order valence-corrected chi connectivity index (χ2v) is 5.32. The van der Waals surface area contributed by atoms with Gasteiger partial charge in [-0.3, -0.25) is 14.3 Å². The smallest absolute Gasteiger partial charge is 0.330 e. The van der Waals surface area contributed by atoms with Gasteiger partial charge in [-0.15, -0.1) is 0 Å². The summed E-state index contributed by atoms with van der Waals surface area (Å²) in [5.74, 6) is 0. The average Bonchev–Trinajstić information content (AvgIpc) is 2.90. The van der Waals surface area contributed by atoms with Crippen molar-refractivity contribution in [1.82, 2.24) is 9.55 Å². The molecule has 0 spiro atoms. The number of fused-ring (bicyclic) bond motifs is 2. The average molecular weight is 300 g/mol. The van der Waals surface area contributed by atoms with Gasteiger partial charge in [0.25, 0.3) is 5.56 Å². The van der Waals surface area contributed by atoms with Crippen molar-refractivity contribution in [2.45, 2.75) is 37.1 Å². The van der Waals surface area contributed by atoms with E-state index >= 15 is 0 Å². The lowest BCUT2D eigenvalue weighted by molar-refractivity contribution is -0.231. The number of aliphatic hydroxyl groups excluding tert-OH is 3. The van der Waals surface area contributed by atoms with Crippen LogP contribution in [-0.2, 0) is 9.47 Å². The molecular formula is C12H16N2O7. The number of H-pyrrole nitrogens is 1.